The van der Waals surface area contributed by atoms with E-state index < -0.39 is 17.3 Å². The van der Waals surface area contributed by atoms with Gasteiger partial charge in [-0.25, -0.2) is 19.2 Å². The molecule has 1 N–H and O–H groups in total. The number of hydrogen-bond donors (Lipinski definition) is 1. The number of imidazole rings is 1. The largest absolute Gasteiger partial charge is 0.457 e. The van der Waals surface area contributed by atoms with Gasteiger partial charge in [0, 0.05) is 61.7 Å². The van der Waals surface area contributed by atoms with Crippen molar-refractivity contribution in [3.63, 3.8) is 0 Å². The molecule has 1 aliphatic rings. The standard InChI is InChI=1S/C33H38FN9O4/c1-19-14-42(15-20(2)43(19)32(45)47-33(3,4)5)27-9-8-24(30(44)37-22-10-21-16-41(7)39-28(21)26(34)11-22)29-25(27)13-36-31(38-29)46-17-23-12-35-18-40(23)6/h8-13,16,18-20H,14-15,17H2,1-7H3,(H,37,44)/t19-,20+. The Labute approximate surface area is 271 Å². The van der Waals surface area contributed by atoms with E-state index in [0.717, 1.165) is 11.4 Å². The molecular weight excluding hydrogens is 605 g/mol. The summed E-state index contributed by atoms with van der Waals surface area (Å²) in [5, 5.41) is 8.15. The van der Waals surface area contributed by atoms with Crippen molar-refractivity contribution in [1.29, 1.82) is 0 Å². The van der Waals surface area contributed by atoms with Crippen molar-refractivity contribution in [3.8, 4) is 6.01 Å². The SMILES string of the molecule is C[C@@H]1CN(c2ccc(C(=O)Nc3cc(F)c4nn(C)cc4c3)c3nc(OCc4cncn4C)ncc23)C[C@H](C)N1C(=O)OC(C)(C)C. The summed E-state index contributed by atoms with van der Waals surface area (Å²) in [6.45, 7) is 10.7. The second-order valence-corrected chi connectivity index (χ2v) is 13.0. The fourth-order valence-corrected chi connectivity index (χ4v) is 5.96. The Kier molecular flexibility index (Phi) is 8.20. The minimum Gasteiger partial charge on any atom is -0.457 e. The van der Waals surface area contributed by atoms with Crippen LogP contribution in [0.4, 0.5) is 20.6 Å². The van der Waals surface area contributed by atoms with Gasteiger partial charge in [-0.3, -0.25) is 14.4 Å². The van der Waals surface area contributed by atoms with Crippen LogP contribution in [0.2, 0.25) is 0 Å². The van der Waals surface area contributed by atoms with E-state index in [1.807, 2.05) is 52.3 Å². The third kappa shape index (κ3) is 6.53. The van der Waals surface area contributed by atoms with Gasteiger partial charge in [0.2, 0.25) is 0 Å². The summed E-state index contributed by atoms with van der Waals surface area (Å²) >= 11 is 0. The molecule has 0 unspecified atom stereocenters. The van der Waals surface area contributed by atoms with Crippen molar-refractivity contribution < 1.29 is 23.5 Å². The first-order chi connectivity index (χ1) is 22.3. The van der Waals surface area contributed by atoms with Crippen LogP contribution in [0.5, 0.6) is 6.01 Å². The van der Waals surface area contributed by atoms with Gasteiger partial charge < -0.3 is 24.3 Å². The summed E-state index contributed by atoms with van der Waals surface area (Å²) in [7, 11) is 3.57. The number of amides is 2. The molecule has 2 atom stereocenters. The number of anilines is 2. The van der Waals surface area contributed by atoms with Crippen LogP contribution >= 0.6 is 0 Å². The van der Waals surface area contributed by atoms with Gasteiger partial charge in [0.1, 0.15) is 17.7 Å². The predicted molar refractivity (Wildman–Crippen MR) is 175 cm³/mol. The molecule has 47 heavy (non-hydrogen) atoms. The van der Waals surface area contributed by atoms with Gasteiger partial charge in [0.25, 0.3) is 5.91 Å². The lowest BCUT2D eigenvalue weighted by atomic mass is 10.0. The number of nitrogens with one attached hydrogen (secondary N) is 1. The number of halogens is 1. The third-order valence-corrected chi connectivity index (χ3v) is 8.01. The maximum atomic E-state index is 14.8. The molecule has 13 nitrogen and oxygen atoms in total. The van der Waals surface area contributed by atoms with Gasteiger partial charge >= 0.3 is 12.1 Å². The first kappa shape index (κ1) is 31.7. The third-order valence-electron chi connectivity index (χ3n) is 8.01. The van der Waals surface area contributed by atoms with Crippen LogP contribution in [0.25, 0.3) is 21.8 Å². The zero-order valence-corrected chi connectivity index (χ0v) is 27.5. The topological polar surface area (TPSA) is 133 Å². The maximum Gasteiger partial charge on any atom is 0.410 e. The number of aromatic nitrogens is 6. The molecule has 1 saturated heterocycles. The molecule has 0 spiro atoms. The second-order valence-electron chi connectivity index (χ2n) is 13.0. The van der Waals surface area contributed by atoms with Gasteiger partial charge in [-0.2, -0.15) is 10.1 Å². The maximum absolute atomic E-state index is 14.8. The Morgan fingerprint density at radius 1 is 1.06 bits per heavy atom. The van der Waals surface area contributed by atoms with Crippen LogP contribution < -0.4 is 15.0 Å². The van der Waals surface area contributed by atoms with Crippen LogP contribution in [0.3, 0.4) is 0 Å². The second kappa shape index (κ2) is 12.2. The minimum atomic E-state index is -0.608. The molecule has 4 heterocycles. The van der Waals surface area contributed by atoms with E-state index >= 15 is 0 Å². The van der Waals surface area contributed by atoms with Crippen molar-refractivity contribution in [2.75, 3.05) is 23.3 Å². The van der Waals surface area contributed by atoms with Gasteiger partial charge in [-0.15, -0.1) is 0 Å². The average molecular weight is 644 g/mol. The smallest absolute Gasteiger partial charge is 0.410 e. The molecular formula is C33H38FN9O4. The lowest BCUT2D eigenvalue weighted by Gasteiger charge is -2.45. The highest BCUT2D eigenvalue weighted by molar-refractivity contribution is 6.14. The number of ether oxygens (including phenoxy) is 2. The summed E-state index contributed by atoms with van der Waals surface area (Å²) < 4.78 is 29.8. The molecule has 6 rings (SSSR count). The molecule has 0 aliphatic carbocycles. The zero-order valence-electron chi connectivity index (χ0n) is 27.5. The van der Waals surface area contributed by atoms with E-state index in [4.69, 9.17) is 14.5 Å². The normalized spacial score (nSPS) is 16.9. The summed E-state index contributed by atoms with van der Waals surface area (Å²) in [5.41, 5.74) is 2.15. The van der Waals surface area contributed by atoms with E-state index in [1.165, 1.54) is 10.7 Å². The number of fused-ring (bicyclic) bond motifs is 2. The number of aryl methyl sites for hydroxylation is 2. The molecule has 2 aromatic carbocycles. The Morgan fingerprint density at radius 2 is 1.81 bits per heavy atom. The first-order valence-corrected chi connectivity index (χ1v) is 15.4. The summed E-state index contributed by atoms with van der Waals surface area (Å²) in [4.78, 5) is 44.0. The van der Waals surface area contributed by atoms with Crippen LogP contribution in [-0.4, -0.2) is 77.0 Å². The highest BCUT2D eigenvalue weighted by Gasteiger charge is 2.36. The molecule has 0 bridgehead atoms. The predicted octanol–water partition coefficient (Wildman–Crippen LogP) is 5.05. The van der Waals surface area contributed by atoms with Gasteiger partial charge in [0.05, 0.1) is 41.4 Å². The number of hydrogen-bond acceptors (Lipinski definition) is 9. The van der Waals surface area contributed by atoms with E-state index in [2.05, 4.69) is 25.3 Å². The highest BCUT2D eigenvalue weighted by Crippen LogP contribution is 2.33. The number of piperazine rings is 1. The minimum absolute atomic E-state index is 0.0872. The average Bonchev–Trinajstić information content (AvgIpc) is 3.58. The molecule has 14 heteroatoms. The number of carbonyl (C=O) groups is 2. The molecule has 246 valence electrons. The molecule has 3 aromatic heterocycles. The quantitative estimate of drug-likeness (QED) is 0.270. The number of rotatable bonds is 6. The lowest BCUT2D eigenvalue weighted by Crippen LogP contribution is -2.59. The summed E-state index contributed by atoms with van der Waals surface area (Å²) in [6, 6.07) is 6.23. The molecule has 0 radical (unpaired) electrons. The number of nitrogens with zero attached hydrogens (tertiary/aromatic N) is 8. The monoisotopic (exact) mass is 643 g/mol. The van der Waals surface area contributed by atoms with Crippen LogP contribution in [-0.2, 0) is 25.4 Å². The van der Waals surface area contributed by atoms with Crippen LogP contribution in [0.15, 0.2) is 49.2 Å². The fraction of sp³-hybridized carbons (Fsp3) is 0.394. The van der Waals surface area contributed by atoms with Crippen molar-refractivity contribution in [2.45, 2.75) is 58.9 Å². The van der Waals surface area contributed by atoms with E-state index in [9.17, 15) is 14.0 Å². The van der Waals surface area contributed by atoms with Crippen molar-refractivity contribution in [2.24, 2.45) is 14.1 Å². The molecule has 1 aliphatic heterocycles. The lowest BCUT2D eigenvalue weighted by molar-refractivity contribution is 0.00566. The zero-order chi connectivity index (χ0) is 33.6. The molecule has 1 fully saturated rings. The van der Waals surface area contributed by atoms with Crippen molar-refractivity contribution in [1.82, 2.24) is 34.2 Å². The Hall–Kier alpha value is -5.27. The van der Waals surface area contributed by atoms with Crippen molar-refractivity contribution in [3.05, 3.63) is 66.3 Å². The highest BCUT2D eigenvalue weighted by atomic mass is 19.1. The number of carbonyl (C=O) groups excluding carboxylic acids is 2. The Bertz CT molecular complexity index is 1970. The van der Waals surface area contributed by atoms with Crippen LogP contribution in [0, 0.1) is 5.82 Å². The molecule has 0 saturated carbocycles. The molecule has 2 amide bonds. The van der Waals surface area contributed by atoms with Crippen LogP contribution in [0.1, 0.15) is 50.7 Å². The number of benzene rings is 2. The summed E-state index contributed by atoms with van der Waals surface area (Å²) in [5.74, 6) is -1.02. The van der Waals surface area contributed by atoms with E-state index in [1.54, 1.807) is 49.0 Å². The fourth-order valence-electron chi connectivity index (χ4n) is 5.96. The van der Waals surface area contributed by atoms with Gasteiger partial charge in [-0.05, 0) is 58.9 Å². The van der Waals surface area contributed by atoms with E-state index in [0.29, 0.717) is 29.4 Å². The van der Waals surface area contributed by atoms with E-state index in [-0.39, 0.29) is 47.6 Å². The summed E-state index contributed by atoms with van der Waals surface area (Å²) in [6.07, 6.45) is 6.33. The first-order valence-electron chi connectivity index (χ1n) is 15.4. The molecule has 5 aromatic rings. The Morgan fingerprint density at radius 3 is 2.49 bits per heavy atom. The van der Waals surface area contributed by atoms with Gasteiger partial charge in [0.15, 0.2) is 5.82 Å². The van der Waals surface area contributed by atoms with Gasteiger partial charge in [-0.1, -0.05) is 0 Å². The van der Waals surface area contributed by atoms with Crippen molar-refractivity contribution >= 4 is 45.2 Å². The Balaban J connectivity index is 1.34.